The van der Waals surface area contributed by atoms with Crippen LogP contribution in [0.15, 0.2) is 10.2 Å². The van der Waals surface area contributed by atoms with E-state index >= 15 is 0 Å². The minimum absolute atomic E-state index is 0.268. The van der Waals surface area contributed by atoms with E-state index in [1.807, 2.05) is 0 Å². The second-order valence-corrected chi connectivity index (χ2v) is 3.73. The van der Waals surface area contributed by atoms with Crippen LogP contribution >= 0.6 is 24.4 Å². The largest absolute Gasteiger partial charge is 0.364 e. The molecule has 0 rings (SSSR count). The lowest BCUT2D eigenvalue weighted by molar-refractivity contribution is 0.973. The molecule has 0 saturated carbocycles. The van der Waals surface area contributed by atoms with Gasteiger partial charge in [-0.2, -0.15) is 10.2 Å². The van der Waals surface area contributed by atoms with Gasteiger partial charge >= 0.3 is 0 Å². The number of thiocarbonyl (C=S) groups is 2. The van der Waals surface area contributed by atoms with Crippen molar-refractivity contribution in [2.75, 3.05) is 13.6 Å². The zero-order chi connectivity index (χ0) is 12.6. The summed E-state index contributed by atoms with van der Waals surface area (Å²) in [7, 11) is 1.71. The fourth-order valence-corrected chi connectivity index (χ4v) is 0.635. The highest BCUT2D eigenvalue weighted by molar-refractivity contribution is 7.80. The van der Waals surface area contributed by atoms with Crippen LogP contribution in [-0.4, -0.2) is 35.1 Å². The number of hydrazone groups is 2. The van der Waals surface area contributed by atoms with E-state index in [4.69, 9.17) is 30.2 Å². The lowest BCUT2D eigenvalue weighted by Gasteiger charge is -2.04. The maximum absolute atomic E-state index is 5.31. The maximum Gasteiger partial charge on any atom is 0.186 e. The van der Waals surface area contributed by atoms with E-state index in [-0.39, 0.29) is 6.54 Å². The first-order chi connectivity index (χ1) is 7.51. The molecule has 0 amide bonds. The molecule has 0 heterocycles. The van der Waals surface area contributed by atoms with Crippen molar-refractivity contribution in [1.82, 2.24) is 16.2 Å². The van der Waals surface area contributed by atoms with Crippen molar-refractivity contribution in [3.63, 3.8) is 0 Å². The Kier molecular flexibility index (Phi) is 7.52. The number of hydrogen-bond acceptors (Lipinski definition) is 5. The summed E-state index contributed by atoms with van der Waals surface area (Å²) in [4.78, 5) is 0.478. The molecule has 0 aliphatic rings. The van der Waals surface area contributed by atoms with Gasteiger partial charge in [0.2, 0.25) is 0 Å². The Morgan fingerprint density at radius 1 is 1.12 bits per heavy atom. The fourth-order valence-electron chi connectivity index (χ4n) is 0.544. The molecule has 90 valence electrons. The number of nitrogens with one attached hydrogen (secondary N) is 3. The number of nitrogens with zero attached hydrogens (tertiary/aromatic N) is 2. The van der Waals surface area contributed by atoms with Crippen LogP contribution in [0.2, 0.25) is 0 Å². The third-order valence-corrected chi connectivity index (χ3v) is 2.16. The molecule has 5 N–H and O–H groups in total. The smallest absolute Gasteiger partial charge is 0.186 e. The standard InChI is InChI=1S/C8H16N6S2/c1-5(11-13-7(15)4-9)6(2)12-14-8(16)10-3/h4,9H2,1-3H3,(H,13,15)(H2,10,14,16). The van der Waals surface area contributed by atoms with Crippen LogP contribution in [0.4, 0.5) is 0 Å². The number of hydrogen-bond donors (Lipinski definition) is 4. The van der Waals surface area contributed by atoms with Crippen LogP contribution < -0.4 is 21.9 Å². The van der Waals surface area contributed by atoms with Crippen LogP contribution in [-0.2, 0) is 0 Å². The van der Waals surface area contributed by atoms with Gasteiger partial charge in [-0.3, -0.25) is 10.9 Å². The van der Waals surface area contributed by atoms with Crippen molar-refractivity contribution in [3.05, 3.63) is 0 Å². The summed E-state index contributed by atoms with van der Waals surface area (Å²) in [5.74, 6) is 0. The van der Waals surface area contributed by atoms with Crippen molar-refractivity contribution in [1.29, 1.82) is 0 Å². The summed E-state index contributed by atoms with van der Waals surface area (Å²) in [5.41, 5.74) is 12.0. The molecule has 8 heteroatoms. The monoisotopic (exact) mass is 260 g/mol. The van der Waals surface area contributed by atoms with Gasteiger partial charge in [0.25, 0.3) is 0 Å². The van der Waals surface area contributed by atoms with E-state index < -0.39 is 0 Å². The van der Waals surface area contributed by atoms with Crippen LogP contribution in [0, 0.1) is 0 Å². The molecule has 0 spiro atoms. The molecule has 6 nitrogen and oxygen atoms in total. The van der Waals surface area contributed by atoms with Gasteiger partial charge in [0.15, 0.2) is 5.11 Å². The van der Waals surface area contributed by atoms with Crippen molar-refractivity contribution in [3.8, 4) is 0 Å². The first-order valence-corrected chi connectivity index (χ1v) is 5.38. The summed E-state index contributed by atoms with van der Waals surface area (Å²) < 4.78 is 0. The van der Waals surface area contributed by atoms with E-state index in [0.29, 0.717) is 21.5 Å². The van der Waals surface area contributed by atoms with Gasteiger partial charge in [-0.1, -0.05) is 12.2 Å². The highest BCUT2D eigenvalue weighted by Gasteiger charge is 1.98. The van der Waals surface area contributed by atoms with Gasteiger partial charge in [-0.15, -0.1) is 0 Å². The van der Waals surface area contributed by atoms with Crippen LogP contribution in [0.5, 0.6) is 0 Å². The van der Waals surface area contributed by atoms with E-state index in [0.717, 1.165) is 0 Å². The van der Waals surface area contributed by atoms with E-state index in [9.17, 15) is 0 Å². The zero-order valence-corrected chi connectivity index (χ0v) is 11.1. The predicted molar refractivity (Wildman–Crippen MR) is 75.8 cm³/mol. The first kappa shape index (κ1) is 14.9. The molecule has 16 heavy (non-hydrogen) atoms. The second-order valence-electron chi connectivity index (χ2n) is 2.82. The molecule has 0 saturated heterocycles. The van der Waals surface area contributed by atoms with Crippen molar-refractivity contribution >= 4 is 46.0 Å². The summed E-state index contributed by atoms with van der Waals surface area (Å²) >= 11 is 9.72. The van der Waals surface area contributed by atoms with E-state index in [2.05, 4.69) is 26.4 Å². The highest BCUT2D eigenvalue weighted by Crippen LogP contribution is 1.82. The minimum atomic E-state index is 0.268. The molecule has 0 bridgehead atoms. The first-order valence-electron chi connectivity index (χ1n) is 4.56. The van der Waals surface area contributed by atoms with Crippen LogP contribution in [0.1, 0.15) is 13.8 Å². The third kappa shape index (κ3) is 6.38. The number of nitrogens with two attached hydrogens (primary N) is 1. The molecule has 0 atom stereocenters. The van der Waals surface area contributed by atoms with E-state index in [1.165, 1.54) is 0 Å². The van der Waals surface area contributed by atoms with Crippen molar-refractivity contribution in [2.45, 2.75) is 13.8 Å². The Morgan fingerprint density at radius 3 is 2.06 bits per heavy atom. The van der Waals surface area contributed by atoms with Crippen LogP contribution in [0.3, 0.4) is 0 Å². The van der Waals surface area contributed by atoms with Crippen molar-refractivity contribution < 1.29 is 0 Å². The SMILES string of the molecule is CNC(=S)NN=C(C)C(C)=NNC(=S)CN. The van der Waals surface area contributed by atoms with Gasteiger partial charge < -0.3 is 11.1 Å². The van der Waals surface area contributed by atoms with Crippen LogP contribution in [0.25, 0.3) is 0 Å². The van der Waals surface area contributed by atoms with Gasteiger partial charge in [0.05, 0.1) is 11.4 Å². The fraction of sp³-hybridized carbons (Fsp3) is 0.500. The Morgan fingerprint density at radius 2 is 1.62 bits per heavy atom. The molecular weight excluding hydrogens is 244 g/mol. The molecule has 0 radical (unpaired) electrons. The molecule has 0 fully saturated rings. The highest BCUT2D eigenvalue weighted by atomic mass is 32.1. The molecule has 0 aromatic heterocycles. The van der Waals surface area contributed by atoms with Crippen molar-refractivity contribution in [2.24, 2.45) is 15.9 Å². The van der Waals surface area contributed by atoms with Gasteiger partial charge in [0.1, 0.15) is 4.99 Å². The average molecular weight is 260 g/mol. The lowest BCUT2D eigenvalue weighted by atomic mass is 10.3. The third-order valence-electron chi connectivity index (χ3n) is 1.61. The average Bonchev–Trinajstić information content (AvgIpc) is 2.31. The molecule has 0 unspecified atom stereocenters. The summed E-state index contributed by atoms with van der Waals surface area (Å²) in [5, 5.41) is 11.2. The summed E-state index contributed by atoms with van der Waals surface area (Å²) in [6.07, 6.45) is 0. The van der Waals surface area contributed by atoms with Gasteiger partial charge in [-0.25, -0.2) is 0 Å². The molecule has 0 aliphatic carbocycles. The molecule has 0 aromatic rings. The van der Waals surface area contributed by atoms with E-state index in [1.54, 1.807) is 20.9 Å². The molecule has 0 aromatic carbocycles. The normalized spacial score (nSPS) is 12.0. The summed E-state index contributed by atoms with van der Waals surface area (Å²) in [6.45, 7) is 3.87. The Bertz CT molecular complexity index is 290. The predicted octanol–water partition coefficient (Wildman–Crippen LogP) is -0.292. The topological polar surface area (TPSA) is 86.8 Å². The maximum atomic E-state index is 5.31. The van der Waals surface area contributed by atoms with Gasteiger partial charge in [0, 0.05) is 13.6 Å². The quantitative estimate of drug-likeness (QED) is 0.316. The Labute approximate surface area is 106 Å². The molecule has 0 aliphatic heterocycles. The lowest BCUT2D eigenvalue weighted by Crippen LogP contribution is -2.30. The summed E-state index contributed by atoms with van der Waals surface area (Å²) in [6, 6.07) is 0. The second kappa shape index (κ2) is 8.08. The number of rotatable bonds is 4. The molecular formula is C8H16N6S2. The van der Waals surface area contributed by atoms with Gasteiger partial charge in [-0.05, 0) is 26.1 Å². The Balaban J connectivity index is 4.30. The Hall–Kier alpha value is -1.12. The minimum Gasteiger partial charge on any atom is -0.364 e. The zero-order valence-electron chi connectivity index (χ0n) is 9.50.